The molecule has 1 aliphatic heterocycles. The summed E-state index contributed by atoms with van der Waals surface area (Å²) >= 11 is 0. The van der Waals surface area contributed by atoms with Crippen LogP contribution in [0.25, 0.3) is 0 Å². The zero-order valence-corrected chi connectivity index (χ0v) is 17.9. The molecule has 2 N–H and O–H groups in total. The third-order valence-electron chi connectivity index (χ3n) is 4.97. The van der Waals surface area contributed by atoms with Crippen LogP contribution in [0.15, 0.2) is 42.6 Å². The molecule has 0 spiro atoms. The van der Waals surface area contributed by atoms with Gasteiger partial charge in [0.1, 0.15) is 11.9 Å². The standard InChI is InChI=1S/C20H23FN4O2.2ClH/c1-24(18-12-16-17(8-5-9-23-16)25(2)20(18)27)19(26)11-14(22)10-13-6-3-4-7-15(13)21;;/h3-9,14,18H,10-12,22H2,1-2H3;2*1H/t14-,18?;;/m1../s1. The van der Waals surface area contributed by atoms with Crippen LogP contribution in [-0.4, -0.2) is 47.9 Å². The Labute approximate surface area is 182 Å². The summed E-state index contributed by atoms with van der Waals surface area (Å²) in [6.45, 7) is 0. The molecule has 9 heteroatoms. The summed E-state index contributed by atoms with van der Waals surface area (Å²) in [6.07, 6.45) is 2.33. The Morgan fingerprint density at radius 2 is 2.00 bits per heavy atom. The second-order valence-corrected chi connectivity index (χ2v) is 6.85. The van der Waals surface area contributed by atoms with Crippen LogP contribution in [0, 0.1) is 5.82 Å². The Hall–Kier alpha value is -2.22. The van der Waals surface area contributed by atoms with Crippen molar-refractivity contribution in [1.82, 2.24) is 9.88 Å². The first-order valence-corrected chi connectivity index (χ1v) is 8.84. The maximum atomic E-state index is 13.8. The largest absolute Gasteiger partial charge is 0.333 e. The number of halogens is 3. The number of hydrogen-bond donors (Lipinski definition) is 1. The number of hydrogen-bond acceptors (Lipinski definition) is 4. The third kappa shape index (κ3) is 5.44. The van der Waals surface area contributed by atoms with Crippen molar-refractivity contribution in [2.45, 2.75) is 31.3 Å². The van der Waals surface area contributed by atoms with E-state index >= 15 is 0 Å². The molecular formula is C20H25Cl2FN4O2. The molecule has 29 heavy (non-hydrogen) atoms. The molecule has 158 valence electrons. The maximum Gasteiger partial charge on any atom is 0.249 e. The van der Waals surface area contributed by atoms with Crippen LogP contribution in [0.1, 0.15) is 17.7 Å². The van der Waals surface area contributed by atoms with Crippen LogP contribution in [0.5, 0.6) is 0 Å². The van der Waals surface area contributed by atoms with Gasteiger partial charge in [-0.05, 0) is 30.2 Å². The first-order valence-electron chi connectivity index (χ1n) is 8.84. The van der Waals surface area contributed by atoms with Gasteiger partial charge in [-0.2, -0.15) is 0 Å². The molecule has 1 aromatic heterocycles. The van der Waals surface area contributed by atoms with Gasteiger partial charge in [-0.25, -0.2) is 4.39 Å². The zero-order valence-electron chi connectivity index (χ0n) is 16.2. The summed E-state index contributed by atoms with van der Waals surface area (Å²) < 4.78 is 13.8. The van der Waals surface area contributed by atoms with Crippen molar-refractivity contribution < 1.29 is 14.0 Å². The van der Waals surface area contributed by atoms with E-state index in [2.05, 4.69) is 4.98 Å². The Bertz CT molecular complexity index is 868. The van der Waals surface area contributed by atoms with Crippen LogP contribution in [-0.2, 0) is 22.4 Å². The minimum Gasteiger partial charge on any atom is -0.333 e. The molecule has 3 rings (SSSR count). The van der Waals surface area contributed by atoms with Crippen LogP contribution < -0.4 is 10.6 Å². The fourth-order valence-electron chi connectivity index (χ4n) is 3.37. The molecule has 2 heterocycles. The molecule has 2 atom stereocenters. The van der Waals surface area contributed by atoms with E-state index in [9.17, 15) is 14.0 Å². The SMILES string of the molecule is CN1C(=O)C(N(C)C(=O)C[C@H](N)Cc2ccccc2F)Cc2ncccc21.Cl.Cl. The smallest absolute Gasteiger partial charge is 0.249 e. The van der Waals surface area contributed by atoms with Gasteiger partial charge in [0, 0.05) is 39.2 Å². The Balaban J connectivity index is 0.00000210. The highest BCUT2D eigenvalue weighted by Gasteiger charge is 2.36. The lowest BCUT2D eigenvalue weighted by atomic mass is 9.99. The van der Waals surface area contributed by atoms with E-state index in [1.165, 1.54) is 15.9 Å². The van der Waals surface area contributed by atoms with E-state index in [4.69, 9.17) is 5.73 Å². The van der Waals surface area contributed by atoms with Gasteiger partial charge >= 0.3 is 0 Å². The molecule has 0 bridgehead atoms. The minimum atomic E-state index is -0.620. The summed E-state index contributed by atoms with van der Waals surface area (Å²) in [5, 5.41) is 0. The second-order valence-electron chi connectivity index (χ2n) is 6.85. The highest BCUT2D eigenvalue weighted by molar-refractivity contribution is 6.01. The maximum absolute atomic E-state index is 13.8. The molecule has 1 aliphatic rings. The molecule has 0 radical (unpaired) electrons. The van der Waals surface area contributed by atoms with Gasteiger partial charge in [0.2, 0.25) is 11.8 Å². The number of nitrogens with two attached hydrogens (primary N) is 1. The molecule has 0 aliphatic carbocycles. The van der Waals surface area contributed by atoms with Gasteiger partial charge < -0.3 is 15.5 Å². The van der Waals surface area contributed by atoms with Gasteiger partial charge in [0.15, 0.2) is 0 Å². The Kier molecular flexibility index (Phi) is 9.01. The molecule has 0 fully saturated rings. The predicted molar refractivity (Wildman–Crippen MR) is 115 cm³/mol. The summed E-state index contributed by atoms with van der Waals surface area (Å²) in [5.74, 6) is -0.737. The molecular weight excluding hydrogens is 418 g/mol. The first kappa shape index (κ1) is 24.8. The van der Waals surface area contributed by atoms with Gasteiger partial charge in [-0.1, -0.05) is 18.2 Å². The predicted octanol–water partition coefficient (Wildman–Crippen LogP) is 2.37. The topological polar surface area (TPSA) is 79.5 Å². The number of carbonyl (C=O) groups excluding carboxylic acids is 2. The van der Waals surface area contributed by atoms with Crippen molar-refractivity contribution in [2.75, 3.05) is 19.0 Å². The number of likely N-dealkylation sites (N-methyl/N-ethyl adjacent to an activating group) is 2. The van der Waals surface area contributed by atoms with E-state index in [0.29, 0.717) is 12.0 Å². The number of benzene rings is 1. The highest BCUT2D eigenvalue weighted by atomic mass is 35.5. The normalized spacial score (nSPS) is 16.2. The van der Waals surface area contributed by atoms with Crippen molar-refractivity contribution in [2.24, 2.45) is 5.73 Å². The lowest BCUT2D eigenvalue weighted by Gasteiger charge is -2.36. The number of pyridine rings is 1. The monoisotopic (exact) mass is 442 g/mol. The lowest BCUT2D eigenvalue weighted by molar-refractivity contribution is -0.138. The number of anilines is 1. The van der Waals surface area contributed by atoms with Crippen LogP contribution in [0.4, 0.5) is 10.1 Å². The zero-order chi connectivity index (χ0) is 19.6. The first-order chi connectivity index (χ1) is 12.9. The van der Waals surface area contributed by atoms with Gasteiger partial charge in [-0.15, -0.1) is 24.8 Å². The van der Waals surface area contributed by atoms with Crippen molar-refractivity contribution in [3.05, 3.63) is 59.7 Å². The average Bonchev–Trinajstić information content (AvgIpc) is 2.66. The van der Waals surface area contributed by atoms with Crippen molar-refractivity contribution in [1.29, 1.82) is 0 Å². The van der Waals surface area contributed by atoms with Crippen molar-refractivity contribution in [3.8, 4) is 0 Å². The van der Waals surface area contributed by atoms with E-state index in [1.54, 1.807) is 44.6 Å². The molecule has 2 amide bonds. The van der Waals surface area contributed by atoms with Crippen LogP contribution in [0.3, 0.4) is 0 Å². The fraction of sp³-hybridized carbons (Fsp3) is 0.350. The number of fused-ring (bicyclic) bond motifs is 1. The van der Waals surface area contributed by atoms with Crippen LogP contribution in [0.2, 0.25) is 0 Å². The quantitative estimate of drug-likeness (QED) is 0.770. The summed E-state index contributed by atoms with van der Waals surface area (Å²) in [6, 6.07) is 8.84. The van der Waals surface area contributed by atoms with E-state index < -0.39 is 12.1 Å². The van der Waals surface area contributed by atoms with Crippen molar-refractivity contribution in [3.63, 3.8) is 0 Å². The number of amides is 2. The van der Waals surface area contributed by atoms with E-state index in [1.807, 2.05) is 6.07 Å². The molecule has 0 saturated carbocycles. The van der Waals surface area contributed by atoms with Gasteiger partial charge in [-0.3, -0.25) is 14.6 Å². The third-order valence-corrected chi connectivity index (χ3v) is 4.97. The Morgan fingerprint density at radius 1 is 1.31 bits per heavy atom. The molecule has 1 unspecified atom stereocenters. The van der Waals surface area contributed by atoms with Gasteiger partial charge in [0.05, 0.1) is 11.4 Å². The Morgan fingerprint density at radius 3 is 2.69 bits per heavy atom. The minimum absolute atomic E-state index is 0. The summed E-state index contributed by atoms with van der Waals surface area (Å²) in [4.78, 5) is 32.6. The highest BCUT2D eigenvalue weighted by Crippen LogP contribution is 2.26. The van der Waals surface area contributed by atoms with Crippen molar-refractivity contribution >= 4 is 42.3 Å². The van der Waals surface area contributed by atoms with E-state index in [-0.39, 0.29) is 55.3 Å². The summed E-state index contributed by atoms with van der Waals surface area (Å²) in [5.41, 5.74) is 8.08. The number of aromatic nitrogens is 1. The van der Waals surface area contributed by atoms with Gasteiger partial charge in [0.25, 0.3) is 0 Å². The fourth-order valence-corrected chi connectivity index (χ4v) is 3.37. The molecule has 6 nitrogen and oxygen atoms in total. The second kappa shape index (κ2) is 10.5. The number of rotatable bonds is 5. The molecule has 2 aromatic rings. The number of nitrogens with zero attached hydrogens (tertiary/aromatic N) is 3. The number of carbonyl (C=O) groups is 2. The molecule has 1 aromatic carbocycles. The average molecular weight is 443 g/mol. The summed E-state index contributed by atoms with van der Waals surface area (Å²) in [7, 11) is 3.28. The van der Waals surface area contributed by atoms with Crippen LogP contribution >= 0.6 is 24.8 Å². The van der Waals surface area contributed by atoms with E-state index in [0.717, 1.165) is 11.4 Å². The molecule has 0 saturated heterocycles. The lowest BCUT2D eigenvalue weighted by Crippen LogP contribution is -2.53.